The van der Waals surface area contributed by atoms with Crippen molar-refractivity contribution in [3.63, 3.8) is 0 Å². The van der Waals surface area contributed by atoms with Crippen LogP contribution in [-0.2, 0) is 0 Å². The normalized spacial score (nSPS) is 10.4. The predicted molar refractivity (Wildman–Crippen MR) is 44.9 cm³/mol. The standard InChI is InChI=1S/C9H12O3/c1-6-3-4-7(9(10)11)5-8(6)12-2/h3-5,9-11H,1-2H3. The molecule has 0 atom stereocenters. The lowest BCUT2D eigenvalue weighted by molar-refractivity contribution is -0.0426. The fraction of sp³-hybridized carbons (Fsp3) is 0.333. The summed E-state index contributed by atoms with van der Waals surface area (Å²) in [6, 6.07) is 5.05. The van der Waals surface area contributed by atoms with Gasteiger partial charge in [-0.2, -0.15) is 0 Å². The molecule has 2 N–H and O–H groups in total. The molecule has 3 heteroatoms. The van der Waals surface area contributed by atoms with Gasteiger partial charge in [0.15, 0.2) is 6.29 Å². The van der Waals surface area contributed by atoms with E-state index in [1.54, 1.807) is 25.3 Å². The van der Waals surface area contributed by atoms with Gasteiger partial charge in [0.2, 0.25) is 0 Å². The van der Waals surface area contributed by atoms with E-state index < -0.39 is 6.29 Å². The van der Waals surface area contributed by atoms with Gasteiger partial charge in [0, 0.05) is 5.56 Å². The molecule has 0 radical (unpaired) electrons. The fourth-order valence-corrected chi connectivity index (χ4v) is 0.997. The maximum absolute atomic E-state index is 8.83. The van der Waals surface area contributed by atoms with Crippen molar-refractivity contribution in [2.45, 2.75) is 13.2 Å². The topological polar surface area (TPSA) is 49.7 Å². The number of ether oxygens (including phenoxy) is 1. The highest BCUT2D eigenvalue weighted by molar-refractivity contribution is 5.36. The number of benzene rings is 1. The highest BCUT2D eigenvalue weighted by Gasteiger charge is 2.05. The third kappa shape index (κ3) is 1.75. The largest absolute Gasteiger partial charge is 0.496 e. The first-order chi connectivity index (χ1) is 5.65. The molecule has 1 aromatic rings. The van der Waals surface area contributed by atoms with Gasteiger partial charge < -0.3 is 14.9 Å². The molecule has 0 fully saturated rings. The average molecular weight is 168 g/mol. The summed E-state index contributed by atoms with van der Waals surface area (Å²) < 4.78 is 5.01. The van der Waals surface area contributed by atoms with Gasteiger partial charge in [-0.1, -0.05) is 12.1 Å². The van der Waals surface area contributed by atoms with Crippen LogP contribution in [0.3, 0.4) is 0 Å². The van der Waals surface area contributed by atoms with E-state index in [4.69, 9.17) is 14.9 Å². The van der Waals surface area contributed by atoms with E-state index in [1.165, 1.54) is 0 Å². The van der Waals surface area contributed by atoms with Crippen LogP contribution in [0.5, 0.6) is 5.75 Å². The molecule has 0 saturated heterocycles. The van der Waals surface area contributed by atoms with E-state index >= 15 is 0 Å². The number of hydrogen-bond acceptors (Lipinski definition) is 3. The molecule has 1 rings (SSSR count). The van der Waals surface area contributed by atoms with E-state index in [0.29, 0.717) is 11.3 Å². The minimum Gasteiger partial charge on any atom is -0.496 e. The lowest BCUT2D eigenvalue weighted by Gasteiger charge is -2.08. The molecule has 1 aromatic carbocycles. The van der Waals surface area contributed by atoms with Gasteiger partial charge in [0.25, 0.3) is 0 Å². The Kier molecular flexibility index (Phi) is 2.68. The Morgan fingerprint density at radius 3 is 2.50 bits per heavy atom. The molecular weight excluding hydrogens is 156 g/mol. The second-order valence-electron chi connectivity index (χ2n) is 2.60. The highest BCUT2D eigenvalue weighted by Crippen LogP contribution is 2.21. The number of aryl methyl sites for hydroxylation is 1. The zero-order valence-electron chi connectivity index (χ0n) is 7.11. The van der Waals surface area contributed by atoms with Crippen LogP contribution < -0.4 is 4.74 Å². The Bertz CT molecular complexity index is 268. The molecule has 0 saturated carbocycles. The summed E-state index contributed by atoms with van der Waals surface area (Å²) in [6.07, 6.45) is -1.43. The van der Waals surface area contributed by atoms with Crippen molar-refractivity contribution in [3.05, 3.63) is 29.3 Å². The van der Waals surface area contributed by atoms with Crippen LogP contribution in [0.1, 0.15) is 17.4 Å². The van der Waals surface area contributed by atoms with E-state index in [0.717, 1.165) is 5.56 Å². The van der Waals surface area contributed by atoms with Gasteiger partial charge in [0.1, 0.15) is 5.75 Å². The van der Waals surface area contributed by atoms with Gasteiger partial charge in [-0.05, 0) is 18.6 Å². The molecule has 0 amide bonds. The van der Waals surface area contributed by atoms with Crippen molar-refractivity contribution in [1.29, 1.82) is 0 Å². The first kappa shape index (κ1) is 9.03. The minimum absolute atomic E-state index is 0.442. The molecular formula is C9H12O3. The second kappa shape index (κ2) is 3.56. The summed E-state index contributed by atoms with van der Waals surface area (Å²) in [6.45, 7) is 1.90. The quantitative estimate of drug-likeness (QED) is 0.647. The van der Waals surface area contributed by atoms with E-state index in [-0.39, 0.29) is 0 Å². The summed E-state index contributed by atoms with van der Waals surface area (Å²) in [7, 11) is 1.55. The zero-order valence-corrected chi connectivity index (χ0v) is 7.11. The maximum atomic E-state index is 8.83. The third-order valence-electron chi connectivity index (χ3n) is 1.73. The van der Waals surface area contributed by atoms with Crippen molar-refractivity contribution >= 4 is 0 Å². The summed E-state index contributed by atoms with van der Waals surface area (Å²) in [4.78, 5) is 0. The van der Waals surface area contributed by atoms with E-state index in [9.17, 15) is 0 Å². The van der Waals surface area contributed by atoms with Gasteiger partial charge in [-0.3, -0.25) is 0 Å². The number of methoxy groups -OCH3 is 1. The Hall–Kier alpha value is -1.06. The Balaban J connectivity index is 3.05. The van der Waals surface area contributed by atoms with Gasteiger partial charge >= 0.3 is 0 Å². The SMILES string of the molecule is COc1cc(C(O)O)ccc1C. The predicted octanol–water partition coefficient (Wildman–Crippen LogP) is 0.987. The number of aliphatic hydroxyl groups excluding tert-OH is 1. The summed E-state index contributed by atoms with van der Waals surface area (Å²) in [5.74, 6) is 0.667. The Morgan fingerprint density at radius 2 is 2.00 bits per heavy atom. The van der Waals surface area contributed by atoms with Crippen molar-refractivity contribution in [2.24, 2.45) is 0 Å². The molecule has 3 nitrogen and oxygen atoms in total. The number of aliphatic hydroxyl groups is 2. The zero-order chi connectivity index (χ0) is 9.14. The van der Waals surface area contributed by atoms with Crippen LogP contribution in [0.15, 0.2) is 18.2 Å². The highest BCUT2D eigenvalue weighted by atomic mass is 16.5. The minimum atomic E-state index is -1.43. The Labute approximate surface area is 71.2 Å². The third-order valence-corrected chi connectivity index (χ3v) is 1.73. The molecule has 0 aliphatic heterocycles. The van der Waals surface area contributed by atoms with Gasteiger partial charge in [0.05, 0.1) is 7.11 Å². The van der Waals surface area contributed by atoms with Crippen molar-refractivity contribution in [2.75, 3.05) is 7.11 Å². The van der Waals surface area contributed by atoms with Crippen molar-refractivity contribution in [3.8, 4) is 5.75 Å². The molecule has 0 heterocycles. The van der Waals surface area contributed by atoms with Crippen LogP contribution in [-0.4, -0.2) is 17.3 Å². The maximum Gasteiger partial charge on any atom is 0.178 e. The summed E-state index contributed by atoms with van der Waals surface area (Å²) >= 11 is 0. The first-order valence-corrected chi connectivity index (χ1v) is 3.66. The monoisotopic (exact) mass is 168 g/mol. The smallest absolute Gasteiger partial charge is 0.178 e. The second-order valence-corrected chi connectivity index (χ2v) is 2.60. The molecule has 0 aliphatic rings. The van der Waals surface area contributed by atoms with Crippen molar-refractivity contribution in [1.82, 2.24) is 0 Å². The molecule has 0 unspecified atom stereocenters. The average Bonchev–Trinajstić information content (AvgIpc) is 2.05. The van der Waals surface area contributed by atoms with Crippen molar-refractivity contribution < 1.29 is 14.9 Å². The van der Waals surface area contributed by atoms with Crippen LogP contribution in [0.25, 0.3) is 0 Å². The fourth-order valence-electron chi connectivity index (χ4n) is 0.997. The van der Waals surface area contributed by atoms with E-state index in [2.05, 4.69) is 0 Å². The first-order valence-electron chi connectivity index (χ1n) is 3.66. The molecule has 0 aliphatic carbocycles. The van der Waals surface area contributed by atoms with Crippen LogP contribution in [0.2, 0.25) is 0 Å². The summed E-state index contributed by atoms with van der Waals surface area (Å²) in [5, 5.41) is 17.7. The van der Waals surface area contributed by atoms with Crippen LogP contribution >= 0.6 is 0 Å². The molecule has 66 valence electrons. The van der Waals surface area contributed by atoms with Crippen LogP contribution in [0.4, 0.5) is 0 Å². The summed E-state index contributed by atoms with van der Waals surface area (Å²) in [5.41, 5.74) is 1.42. The Morgan fingerprint density at radius 1 is 1.33 bits per heavy atom. The van der Waals surface area contributed by atoms with Gasteiger partial charge in [-0.25, -0.2) is 0 Å². The van der Waals surface area contributed by atoms with Gasteiger partial charge in [-0.15, -0.1) is 0 Å². The lowest BCUT2D eigenvalue weighted by Crippen LogP contribution is -1.96. The molecule has 0 bridgehead atoms. The molecule has 0 spiro atoms. The number of hydrogen-bond donors (Lipinski definition) is 2. The lowest BCUT2D eigenvalue weighted by atomic mass is 10.1. The molecule has 12 heavy (non-hydrogen) atoms. The number of rotatable bonds is 2. The van der Waals surface area contributed by atoms with Crippen LogP contribution in [0, 0.1) is 6.92 Å². The van der Waals surface area contributed by atoms with E-state index in [1.807, 2.05) is 6.92 Å². The molecule has 0 aromatic heterocycles.